The van der Waals surface area contributed by atoms with Crippen molar-refractivity contribution >= 4 is 0 Å². The molecule has 0 aliphatic heterocycles. The average Bonchev–Trinajstić information content (AvgIpc) is 2.42. The summed E-state index contributed by atoms with van der Waals surface area (Å²) in [5, 5.41) is 3.38. The van der Waals surface area contributed by atoms with Crippen molar-refractivity contribution in [3.63, 3.8) is 0 Å². The molecule has 3 nitrogen and oxygen atoms in total. The molecule has 1 aromatic carbocycles. The van der Waals surface area contributed by atoms with Crippen LogP contribution in [0.1, 0.15) is 24.1 Å². The summed E-state index contributed by atoms with van der Waals surface area (Å²) in [6.45, 7) is 3.96. The molecule has 0 radical (unpaired) electrons. The summed E-state index contributed by atoms with van der Waals surface area (Å²) >= 11 is 0. The summed E-state index contributed by atoms with van der Waals surface area (Å²) in [6, 6.07) is 10.4. The summed E-state index contributed by atoms with van der Waals surface area (Å²) in [7, 11) is 0. The van der Waals surface area contributed by atoms with Gasteiger partial charge in [-0.15, -0.1) is 0 Å². The van der Waals surface area contributed by atoms with Gasteiger partial charge in [0.1, 0.15) is 0 Å². The maximum absolute atomic E-state index is 4.41. The molecular weight excluding hydrogens is 210 g/mol. The summed E-state index contributed by atoms with van der Waals surface area (Å²) < 4.78 is 0. The molecule has 0 bridgehead atoms. The van der Waals surface area contributed by atoms with Crippen molar-refractivity contribution in [1.82, 2.24) is 15.3 Å². The normalized spacial score (nSPS) is 12.3. The molecule has 0 fully saturated rings. The lowest BCUT2D eigenvalue weighted by molar-refractivity contribution is 0.644. The predicted octanol–water partition coefficient (Wildman–Crippen LogP) is 2.22. The van der Waals surface area contributed by atoms with E-state index in [1.54, 1.807) is 12.4 Å². The van der Waals surface area contributed by atoms with Crippen LogP contribution in [-0.4, -0.2) is 23.1 Å². The fourth-order valence-corrected chi connectivity index (χ4v) is 1.86. The maximum Gasteiger partial charge on any atom is 0.0674 e. The lowest BCUT2D eigenvalue weighted by atomic mass is 9.96. The summed E-state index contributed by atoms with van der Waals surface area (Å²) in [5.74, 6) is 0.268. The monoisotopic (exact) mass is 227 g/mol. The summed E-state index contributed by atoms with van der Waals surface area (Å²) in [4.78, 5) is 8.55. The molecular formula is C14H17N3. The van der Waals surface area contributed by atoms with Crippen molar-refractivity contribution in [2.75, 3.05) is 13.1 Å². The number of hydrogen-bond acceptors (Lipinski definition) is 3. The van der Waals surface area contributed by atoms with Crippen LogP contribution < -0.4 is 5.32 Å². The highest BCUT2D eigenvalue weighted by Crippen LogP contribution is 2.21. The Morgan fingerprint density at radius 3 is 2.65 bits per heavy atom. The van der Waals surface area contributed by atoms with Gasteiger partial charge in [-0.2, -0.15) is 0 Å². The molecule has 0 aliphatic rings. The topological polar surface area (TPSA) is 37.8 Å². The van der Waals surface area contributed by atoms with Crippen molar-refractivity contribution in [3.05, 3.63) is 60.2 Å². The Balaban J connectivity index is 2.26. The number of rotatable bonds is 5. The average molecular weight is 227 g/mol. The van der Waals surface area contributed by atoms with E-state index in [9.17, 15) is 0 Å². The molecule has 3 heteroatoms. The largest absolute Gasteiger partial charge is 0.316 e. The van der Waals surface area contributed by atoms with E-state index in [0.29, 0.717) is 0 Å². The molecule has 1 unspecified atom stereocenters. The Hall–Kier alpha value is -1.74. The number of hydrogen-bond donors (Lipinski definition) is 1. The minimum Gasteiger partial charge on any atom is -0.316 e. The van der Waals surface area contributed by atoms with Crippen molar-refractivity contribution < 1.29 is 0 Å². The molecule has 2 rings (SSSR count). The molecule has 1 aromatic heterocycles. The first-order chi connectivity index (χ1) is 8.42. The van der Waals surface area contributed by atoms with Gasteiger partial charge < -0.3 is 5.32 Å². The minimum atomic E-state index is 0.268. The lowest BCUT2D eigenvalue weighted by Crippen LogP contribution is -2.22. The molecule has 0 aliphatic carbocycles. The molecule has 0 saturated heterocycles. The van der Waals surface area contributed by atoms with Crippen LogP contribution in [0.5, 0.6) is 0 Å². The van der Waals surface area contributed by atoms with Crippen molar-refractivity contribution in [2.24, 2.45) is 0 Å². The quantitative estimate of drug-likeness (QED) is 0.851. The number of aromatic nitrogens is 2. The van der Waals surface area contributed by atoms with Crippen molar-refractivity contribution in [3.8, 4) is 0 Å². The van der Waals surface area contributed by atoms with Gasteiger partial charge in [0, 0.05) is 31.1 Å². The van der Waals surface area contributed by atoms with Gasteiger partial charge in [0.25, 0.3) is 0 Å². The fourth-order valence-electron chi connectivity index (χ4n) is 1.86. The Bertz CT molecular complexity index is 388. The Morgan fingerprint density at radius 1 is 1.18 bits per heavy atom. The van der Waals surface area contributed by atoms with Crippen LogP contribution in [0.15, 0.2) is 48.9 Å². The summed E-state index contributed by atoms with van der Waals surface area (Å²) in [5.41, 5.74) is 2.29. The second-order valence-electron chi connectivity index (χ2n) is 3.90. The van der Waals surface area contributed by atoms with Gasteiger partial charge in [-0.3, -0.25) is 9.97 Å². The zero-order valence-electron chi connectivity index (χ0n) is 10.0. The molecule has 0 saturated carbocycles. The highest BCUT2D eigenvalue weighted by Gasteiger charge is 2.14. The van der Waals surface area contributed by atoms with Crippen LogP contribution in [0.3, 0.4) is 0 Å². The van der Waals surface area contributed by atoms with Crippen LogP contribution in [0, 0.1) is 0 Å². The lowest BCUT2D eigenvalue weighted by Gasteiger charge is -2.16. The molecule has 1 N–H and O–H groups in total. The van der Waals surface area contributed by atoms with Gasteiger partial charge in [0.05, 0.1) is 5.69 Å². The third kappa shape index (κ3) is 3.11. The number of benzene rings is 1. The van der Waals surface area contributed by atoms with Gasteiger partial charge in [0.15, 0.2) is 0 Å². The van der Waals surface area contributed by atoms with E-state index in [1.807, 2.05) is 12.3 Å². The van der Waals surface area contributed by atoms with Crippen LogP contribution in [0.25, 0.3) is 0 Å². The second-order valence-corrected chi connectivity index (χ2v) is 3.90. The smallest absolute Gasteiger partial charge is 0.0674 e. The van der Waals surface area contributed by atoms with E-state index in [1.165, 1.54) is 5.56 Å². The first-order valence-electron chi connectivity index (χ1n) is 5.93. The minimum absolute atomic E-state index is 0.268. The van der Waals surface area contributed by atoms with Gasteiger partial charge in [-0.1, -0.05) is 37.3 Å². The second kappa shape index (κ2) is 6.11. The van der Waals surface area contributed by atoms with E-state index in [-0.39, 0.29) is 5.92 Å². The first kappa shape index (κ1) is 11.7. The zero-order valence-corrected chi connectivity index (χ0v) is 10.0. The number of nitrogens with one attached hydrogen (secondary N) is 1. The third-order valence-corrected chi connectivity index (χ3v) is 2.74. The summed E-state index contributed by atoms with van der Waals surface area (Å²) in [6.07, 6.45) is 5.30. The standard InChI is InChI=1S/C14H17N3/c1-2-15-10-13(12-6-4-3-5-7-12)14-11-16-8-9-17-14/h3-9,11,13,15H,2,10H2,1H3. The molecule has 17 heavy (non-hydrogen) atoms. The van der Waals surface area contributed by atoms with E-state index >= 15 is 0 Å². The molecule has 0 amide bonds. The maximum atomic E-state index is 4.41. The van der Waals surface area contributed by atoms with Crippen LogP contribution in [-0.2, 0) is 0 Å². The highest BCUT2D eigenvalue weighted by molar-refractivity contribution is 5.27. The van der Waals surface area contributed by atoms with Crippen LogP contribution in [0.2, 0.25) is 0 Å². The molecule has 88 valence electrons. The van der Waals surface area contributed by atoms with E-state index in [2.05, 4.69) is 46.5 Å². The van der Waals surface area contributed by atoms with Crippen LogP contribution >= 0.6 is 0 Å². The Labute approximate surface area is 102 Å². The molecule has 2 aromatic rings. The Kier molecular flexibility index (Phi) is 4.22. The number of likely N-dealkylation sites (N-methyl/N-ethyl adjacent to an activating group) is 1. The third-order valence-electron chi connectivity index (χ3n) is 2.74. The van der Waals surface area contributed by atoms with E-state index in [0.717, 1.165) is 18.8 Å². The highest BCUT2D eigenvalue weighted by atomic mass is 14.9. The van der Waals surface area contributed by atoms with Gasteiger partial charge in [0.2, 0.25) is 0 Å². The molecule has 1 heterocycles. The van der Waals surface area contributed by atoms with Crippen molar-refractivity contribution in [1.29, 1.82) is 0 Å². The van der Waals surface area contributed by atoms with Gasteiger partial charge in [-0.25, -0.2) is 0 Å². The van der Waals surface area contributed by atoms with Crippen LogP contribution in [0.4, 0.5) is 0 Å². The number of nitrogens with zero attached hydrogens (tertiary/aromatic N) is 2. The van der Waals surface area contributed by atoms with E-state index in [4.69, 9.17) is 0 Å². The predicted molar refractivity (Wildman–Crippen MR) is 68.9 cm³/mol. The Morgan fingerprint density at radius 2 is 2.00 bits per heavy atom. The van der Waals surface area contributed by atoms with Crippen molar-refractivity contribution in [2.45, 2.75) is 12.8 Å². The fraction of sp³-hybridized carbons (Fsp3) is 0.286. The van der Waals surface area contributed by atoms with Gasteiger partial charge in [-0.05, 0) is 12.1 Å². The zero-order chi connectivity index (χ0) is 11.9. The first-order valence-corrected chi connectivity index (χ1v) is 5.93. The molecule has 1 atom stereocenters. The van der Waals surface area contributed by atoms with Gasteiger partial charge >= 0.3 is 0 Å². The SMILES string of the molecule is CCNCC(c1ccccc1)c1cnccn1. The van der Waals surface area contributed by atoms with E-state index < -0.39 is 0 Å². The molecule has 0 spiro atoms.